The Morgan fingerprint density at radius 2 is 2.05 bits per heavy atom. The average Bonchev–Trinajstić information content (AvgIpc) is 2.45. The first-order chi connectivity index (χ1) is 9.47. The van der Waals surface area contributed by atoms with Gasteiger partial charge < -0.3 is 15.3 Å². The SMILES string of the molecule is CC[C@H](C)[C@@H](CC(=O)O)NC(=O)N1CCC(C#N)CC1. The first kappa shape index (κ1) is 16.3. The van der Waals surface area contributed by atoms with E-state index in [4.69, 9.17) is 10.4 Å². The van der Waals surface area contributed by atoms with Crippen LogP contribution in [0.15, 0.2) is 0 Å². The van der Waals surface area contributed by atoms with E-state index in [0.717, 1.165) is 6.42 Å². The zero-order valence-corrected chi connectivity index (χ0v) is 12.1. The summed E-state index contributed by atoms with van der Waals surface area (Å²) in [6.45, 7) is 5.04. The summed E-state index contributed by atoms with van der Waals surface area (Å²) in [7, 11) is 0. The molecule has 0 radical (unpaired) electrons. The van der Waals surface area contributed by atoms with Crippen molar-refractivity contribution in [2.75, 3.05) is 13.1 Å². The van der Waals surface area contributed by atoms with Gasteiger partial charge in [-0.05, 0) is 18.8 Å². The number of aliphatic carboxylic acids is 1. The van der Waals surface area contributed by atoms with Crippen LogP contribution in [0.3, 0.4) is 0 Å². The minimum absolute atomic E-state index is 0.0310. The van der Waals surface area contributed by atoms with Gasteiger partial charge in [-0.15, -0.1) is 0 Å². The lowest BCUT2D eigenvalue weighted by Crippen LogP contribution is -2.50. The normalized spacial score (nSPS) is 18.9. The van der Waals surface area contributed by atoms with E-state index in [0.29, 0.717) is 25.9 Å². The number of hydrogen-bond acceptors (Lipinski definition) is 3. The van der Waals surface area contributed by atoms with Crippen molar-refractivity contribution in [2.45, 2.75) is 45.6 Å². The first-order valence-electron chi connectivity index (χ1n) is 7.14. The number of carboxylic acid groups (broad SMARTS) is 1. The number of likely N-dealkylation sites (tertiary alicyclic amines) is 1. The second-order valence-electron chi connectivity index (χ2n) is 5.43. The average molecular weight is 281 g/mol. The summed E-state index contributed by atoms with van der Waals surface area (Å²) in [4.78, 5) is 24.7. The van der Waals surface area contributed by atoms with Gasteiger partial charge in [-0.3, -0.25) is 4.79 Å². The van der Waals surface area contributed by atoms with Crippen LogP contribution in [0.25, 0.3) is 0 Å². The molecular formula is C14H23N3O3. The lowest BCUT2D eigenvalue weighted by Gasteiger charge is -2.32. The number of rotatable bonds is 5. The fourth-order valence-corrected chi connectivity index (χ4v) is 2.33. The van der Waals surface area contributed by atoms with E-state index in [1.165, 1.54) is 0 Å². The van der Waals surface area contributed by atoms with Crippen LogP contribution in [0.4, 0.5) is 4.79 Å². The second kappa shape index (κ2) is 7.73. The molecule has 0 aromatic rings. The molecule has 0 aromatic heterocycles. The number of nitrogens with zero attached hydrogens (tertiary/aromatic N) is 2. The maximum absolute atomic E-state index is 12.1. The molecule has 1 saturated heterocycles. The molecule has 0 unspecified atom stereocenters. The van der Waals surface area contributed by atoms with Crippen molar-refractivity contribution in [3.8, 4) is 6.07 Å². The monoisotopic (exact) mass is 281 g/mol. The van der Waals surface area contributed by atoms with E-state index in [2.05, 4.69) is 11.4 Å². The Bertz CT molecular complexity index is 384. The molecule has 0 bridgehead atoms. The molecule has 1 fully saturated rings. The molecule has 0 aromatic carbocycles. The highest BCUT2D eigenvalue weighted by atomic mass is 16.4. The molecule has 0 aliphatic carbocycles. The summed E-state index contributed by atoms with van der Waals surface area (Å²) >= 11 is 0. The number of amides is 2. The number of carbonyl (C=O) groups excluding carboxylic acids is 1. The van der Waals surface area contributed by atoms with Gasteiger partial charge in [-0.1, -0.05) is 20.3 Å². The van der Waals surface area contributed by atoms with Crippen molar-refractivity contribution in [2.24, 2.45) is 11.8 Å². The maximum atomic E-state index is 12.1. The maximum Gasteiger partial charge on any atom is 0.317 e. The van der Waals surface area contributed by atoms with E-state index >= 15 is 0 Å². The standard InChI is InChI=1S/C14H23N3O3/c1-3-10(2)12(8-13(18)19)16-14(20)17-6-4-11(9-15)5-7-17/h10-12H,3-8H2,1-2H3,(H,16,20)(H,18,19)/t10-,12+/m0/s1. The Hall–Kier alpha value is -1.77. The van der Waals surface area contributed by atoms with Gasteiger partial charge in [0, 0.05) is 25.0 Å². The summed E-state index contributed by atoms with van der Waals surface area (Å²) < 4.78 is 0. The predicted octanol–water partition coefficient (Wildman–Crippen LogP) is 1.82. The van der Waals surface area contributed by atoms with Gasteiger partial charge in [0.2, 0.25) is 0 Å². The Balaban J connectivity index is 2.53. The summed E-state index contributed by atoms with van der Waals surface area (Å²) in [6.07, 6.45) is 2.14. The summed E-state index contributed by atoms with van der Waals surface area (Å²) in [5, 5.41) is 20.6. The second-order valence-corrected chi connectivity index (χ2v) is 5.43. The van der Waals surface area contributed by atoms with E-state index in [-0.39, 0.29) is 30.3 Å². The number of carboxylic acids is 1. The minimum Gasteiger partial charge on any atom is -0.481 e. The summed E-state index contributed by atoms with van der Waals surface area (Å²) in [5.74, 6) is -0.756. The zero-order chi connectivity index (χ0) is 15.1. The Morgan fingerprint density at radius 3 is 2.50 bits per heavy atom. The molecule has 2 atom stereocenters. The van der Waals surface area contributed by atoms with Crippen LogP contribution in [0.1, 0.15) is 39.5 Å². The van der Waals surface area contributed by atoms with Crippen molar-refractivity contribution in [1.29, 1.82) is 5.26 Å². The van der Waals surface area contributed by atoms with Crippen molar-refractivity contribution >= 4 is 12.0 Å². The fraction of sp³-hybridized carbons (Fsp3) is 0.786. The van der Waals surface area contributed by atoms with Crippen LogP contribution in [-0.2, 0) is 4.79 Å². The van der Waals surface area contributed by atoms with Crippen molar-refractivity contribution < 1.29 is 14.7 Å². The molecule has 1 aliphatic heterocycles. The highest BCUT2D eigenvalue weighted by Gasteiger charge is 2.26. The van der Waals surface area contributed by atoms with Gasteiger partial charge in [0.25, 0.3) is 0 Å². The molecule has 0 saturated carbocycles. The smallest absolute Gasteiger partial charge is 0.317 e. The summed E-state index contributed by atoms with van der Waals surface area (Å²) in [5.41, 5.74) is 0. The van der Waals surface area contributed by atoms with E-state index < -0.39 is 5.97 Å². The zero-order valence-electron chi connectivity index (χ0n) is 12.1. The first-order valence-corrected chi connectivity index (χ1v) is 7.14. The van der Waals surface area contributed by atoms with Crippen LogP contribution in [0, 0.1) is 23.2 Å². The van der Waals surface area contributed by atoms with E-state index in [1.807, 2.05) is 13.8 Å². The molecule has 0 spiro atoms. The number of carbonyl (C=O) groups is 2. The van der Waals surface area contributed by atoms with Crippen LogP contribution < -0.4 is 5.32 Å². The van der Waals surface area contributed by atoms with Crippen LogP contribution in [0.2, 0.25) is 0 Å². The predicted molar refractivity (Wildman–Crippen MR) is 73.9 cm³/mol. The van der Waals surface area contributed by atoms with Crippen molar-refractivity contribution in [3.63, 3.8) is 0 Å². The highest BCUT2D eigenvalue weighted by molar-refractivity contribution is 5.76. The minimum atomic E-state index is -0.904. The van der Waals surface area contributed by atoms with E-state index in [9.17, 15) is 9.59 Å². The summed E-state index contributed by atoms with van der Waals surface area (Å²) in [6, 6.07) is 1.66. The highest BCUT2D eigenvalue weighted by Crippen LogP contribution is 2.17. The molecule has 1 aliphatic rings. The number of piperidine rings is 1. The van der Waals surface area contributed by atoms with Gasteiger partial charge in [0.05, 0.1) is 12.5 Å². The number of hydrogen-bond donors (Lipinski definition) is 2. The van der Waals surface area contributed by atoms with Gasteiger partial charge in [-0.25, -0.2) is 4.79 Å². The van der Waals surface area contributed by atoms with Gasteiger partial charge in [0.15, 0.2) is 0 Å². The van der Waals surface area contributed by atoms with E-state index in [1.54, 1.807) is 4.90 Å². The van der Waals surface area contributed by atoms with Gasteiger partial charge >= 0.3 is 12.0 Å². The molecule has 6 nitrogen and oxygen atoms in total. The molecule has 1 rings (SSSR count). The largest absolute Gasteiger partial charge is 0.481 e. The third-order valence-electron chi connectivity index (χ3n) is 4.00. The topological polar surface area (TPSA) is 93.4 Å². The molecular weight excluding hydrogens is 258 g/mol. The number of urea groups is 1. The Labute approximate surface area is 119 Å². The lowest BCUT2D eigenvalue weighted by molar-refractivity contribution is -0.137. The van der Waals surface area contributed by atoms with Gasteiger partial charge in [-0.2, -0.15) is 5.26 Å². The molecule has 1 heterocycles. The molecule has 2 amide bonds. The quantitative estimate of drug-likeness (QED) is 0.803. The Morgan fingerprint density at radius 1 is 1.45 bits per heavy atom. The third-order valence-corrected chi connectivity index (χ3v) is 4.00. The van der Waals surface area contributed by atoms with Crippen molar-refractivity contribution in [3.05, 3.63) is 0 Å². The molecule has 2 N–H and O–H groups in total. The molecule has 20 heavy (non-hydrogen) atoms. The molecule has 6 heteroatoms. The van der Waals surface area contributed by atoms with Crippen LogP contribution in [0.5, 0.6) is 0 Å². The number of nitriles is 1. The number of nitrogens with one attached hydrogen (secondary N) is 1. The third kappa shape index (κ3) is 4.72. The lowest BCUT2D eigenvalue weighted by atomic mass is 9.96. The van der Waals surface area contributed by atoms with Crippen LogP contribution in [-0.4, -0.2) is 41.1 Å². The van der Waals surface area contributed by atoms with Crippen LogP contribution >= 0.6 is 0 Å². The molecule has 112 valence electrons. The Kier molecular flexibility index (Phi) is 6.29. The van der Waals surface area contributed by atoms with Gasteiger partial charge in [0.1, 0.15) is 0 Å². The fourth-order valence-electron chi connectivity index (χ4n) is 2.33. The van der Waals surface area contributed by atoms with Crippen molar-refractivity contribution in [1.82, 2.24) is 10.2 Å².